The molecule has 3 N–H and O–H groups in total. The minimum Gasteiger partial charge on any atom is -0.396 e. The highest BCUT2D eigenvalue weighted by atomic mass is 16.5. The van der Waals surface area contributed by atoms with Gasteiger partial charge < -0.3 is 25.4 Å². The van der Waals surface area contributed by atoms with E-state index in [-0.39, 0.29) is 30.9 Å². The summed E-state index contributed by atoms with van der Waals surface area (Å²) in [5.41, 5.74) is -1.69. The Morgan fingerprint density at radius 2 is 2.04 bits per heavy atom. The second-order valence-corrected chi connectivity index (χ2v) is 8.10. The molecule has 0 aromatic heterocycles. The smallest absolute Gasteiger partial charge is 0.245 e. The molecule has 152 valence electrons. The average molecular weight is 381 g/mol. The van der Waals surface area contributed by atoms with E-state index >= 15 is 0 Å². The molecule has 0 aliphatic carbocycles. The number of unbranched alkanes of at least 4 members (excludes halogenated alkanes) is 1. The average Bonchev–Trinajstić information content (AvgIpc) is 3.20. The number of nitrogens with zero attached hydrogens (tertiary/aromatic N) is 1. The van der Waals surface area contributed by atoms with Crippen LogP contribution in [0.4, 0.5) is 0 Å². The Hall–Kier alpha value is -1.67. The van der Waals surface area contributed by atoms with Crippen LogP contribution in [0.25, 0.3) is 0 Å². The fraction of sp³-hybridized carbons (Fsp3) is 0.842. The molecule has 0 aromatic carbocycles. The third kappa shape index (κ3) is 2.93. The largest absolute Gasteiger partial charge is 0.396 e. The van der Waals surface area contributed by atoms with Gasteiger partial charge in [-0.3, -0.25) is 14.4 Å². The molecule has 1 spiro atoms. The highest BCUT2D eigenvalue weighted by Crippen LogP contribution is 2.63. The first-order chi connectivity index (χ1) is 12.9. The highest BCUT2D eigenvalue weighted by Gasteiger charge is 2.77. The van der Waals surface area contributed by atoms with Gasteiger partial charge in [-0.1, -0.05) is 13.3 Å². The van der Waals surface area contributed by atoms with Crippen LogP contribution in [0.2, 0.25) is 0 Å². The van der Waals surface area contributed by atoms with Crippen molar-refractivity contribution < 1.29 is 24.2 Å². The number of fused-ring (bicyclic) bond motifs is 1. The number of likely N-dealkylation sites (tertiary alicyclic amines) is 1. The van der Waals surface area contributed by atoms with Crippen LogP contribution < -0.4 is 10.6 Å². The summed E-state index contributed by atoms with van der Waals surface area (Å²) in [4.78, 5) is 40.5. The van der Waals surface area contributed by atoms with Crippen LogP contribution >= 0.6 is 0 Å². The van der Waals surface area contributed by atoms with Gasteiger partial charge in [0.1, 0.15) is 11.6 Å². The monoisotopic (exact) mass is 381 g/mol. The maximum atomic E-state index is 13.3. The topological polar surface area (TPSA) is 108 Å². The molecule has 3 aliphatic rings. The predicted octanol–water partition coefficient (Wildman–Crippen LogP) is -0.204. The minimum absolute atomic E-state index is 0.0664. The molecular weight excluding hydrogens is 350 g/mol. The van der Waals surface area contributed by atoms with Gasteiger partial charge in [0.05, 0.1) is 17.4 Å². The molecule has 0 aromatic rings. The molecule has 3 heterocycles. The summed E-state index contributed by atoms with van der Waals surface area (Å²) >= 11 is 0. The van der Waals surface area contributed by atoms with E-state index in [1.54, 1.807) is 7.05 Å². The number of aliphatic hydroxyl groups is 1. The van der Waals surface area contributed by atoms with Crippen LogP contribution in [0.1, 0.15) is 46.0 Å². The molecule has 3 saturated heterocycles. The van der Waals surface area contributed by atoms with Gasteiger partial charge in [-0.15, -0.1) is 0 Å². The maximum absolute atomic E-state index is 13.3. The number of hydrogen-bond donors (Lipinski definition) is 3. The first-order valence-corrected chi connectivity index (χ1v) is 9.97. The normalized spacial score (nSPS) is 36.8. The predicted molar refractivity (Wildman–Crippen MR) is 97.6 cm³/mol. The van der Waals surface area contributed by atoms with E-state index in [0.717, 1.165) is 12.8 Å². The van der Waals surface area contributed by atoms with Crippen molar-refractivity contribution in [3.63, 3.8) is 0 Å². The number of carbonyl (C=O) groups excluding carboxylic acids is 3. The van der Waals surface area contributed by atoms with Crippen LogP contribution in [0.15, 0.2) is 0 Å². The Kier molecular flexibility index (Phi) is 5.49. The minimum atomic E-state index is -0.964. The lowest BCUT2D eigenvalue weighted by Gasteiger charge is -2.33. The fourth-order valence-corrected chi connectivity index (χ4v) is 5.25. The van der Waals surface area contributed by atoms with Gasteiger partial charge in [-0.05, 0) is 32.6 Å². The quantitative estimate of drug-likeness (QED) is 0.505. The second kappa shape index (κ2) is 7.39. The lowest BCUT2D eigenvalue weighted by Crippen LogP contribution is -2.55. The summed E-state index contributed by atoms with van der Waals surface area (Å²) in [6.45, 7) is 4.68. The molecule has 0 saturated carbocycles. The lowest BCUT2D eigenvalue weighted by atomic mass is 9.66. The molecule has 0 radical (unpaired) electrons. The van der Waals surface area contributed by atoms with Crippen molar-refractivity contribution in [2.24, 2.45) is 11.8 Å². The van der Waals surface area contributed by atoms with Gasteiger partial charge in [0.2, 0.25) is 17.7 Å². The van der Waals surface area contributed by atoms with Gasteiger partial charge in [-0.25, -0.2) is 0 Å². The molecule has 3 fully saturated rings. The maximum Gasteiger partial charge on any atom is 0.245 e. The zero-order valence-electron chi connectivity index (χ0n) is 16.4. The number of carbonyl (C=O) groups is 3. The lowest BCUT2D eigenvalue weighted by molar-refractivity contribution is -0.146. The van der Waals surface area contributed by atoms with Crippen molar-refractivity contribution in [1.29, 1.82) is 0 Å². The molecule has 2 bridgehead atoms. The van der Waals surface area contributed by atoms with Gasteiger partial charge in [0.25, 0.3) is 0 Å². The van der Waals surface area contributed by atoms with Crippen molar-refractivity contribution >= 4 is 17.7 Å². The van der Waals surface area contributed by atoms with Crippen molar-refractivity contribution in [2.75, 3.05) is 26.7 Å². The third-order valence-electron chi connectivity index (χ3n) is 6.44. The van der Waals surface area contributed by atoms with E-state index in [0.29, 0.717) is 25.8 Å². The number of ether oxygens (including phenoxy) is 1. The third-order valence-corrected chi connectivity index (χ3v) is 6.44. The molecule has 2 unspecified atom stereocenters. The molecule has 8 heteroatoms. The van der Waals surface area contributed by atoms with Crippen molar-refractivity contribution in [3.8, 4) is 0 Å². The Balaban J connectivity index is 1.96. The number of aliphatic hydroxyl groups excluding tert-OH is 1. The zero-order valence-corrected chi connectivity index (χ0v) is 16.4. The Labute approximate surface area is 160 Å². The van der Waals surface area contributed by atoms with Gasteiger partial charge >= 0.3 is 0 Å². The van der Waals surface area contributed by atoms with Crippen LogP contribution in [0, 0.1) is 11.8 Å². The second-order valence-electron chi connectivity index (χ2n) is 8.10. The first kappa shape index (κ1) is 20.1. The number of nitrogens with one attached hydrogen (secondary N) is 2. The highest BCUT2D eigenvalue weighted by molar-refractivity contribution is 5.99. The molecule has 5 atom stereocenters. The van der Waals surface area contributed by atoms with Crippen LogP contribution in [0.5, 0.6) is 0 Å². The number of amides is 3. The molecule has 3 rings (SSSR count). The Bertz CT molecular complexity index is 626. The van der Waals surface area contributed by atoms with Gasteiger partial charge in [0.15, 0.2) is 0 Å². The standard InChI is InChI=1S/C19H31N3O5/c1-4-5-9-21-16(25)14-19-8-7-18(2,27-19)12(15(24)20-3)13(19)17(26)22(14)10-6-11-23/h12-14,23H,4-11H2,1-3H3,(H,20,24)(H,21,25)/t12-,13+,14?,18+,19?/m1/s1. The van der Waals surface area contributed by atoms with E-state index in [9.17, 15) is 19.5 Å². The van der Waals surface area contributed by atoms with Crippen molar-refractivity contribution in [3.05, 3.63) is 0 Å². The van der Waals surface area contributed by atoms with E-state index < -0.39 is 29.1 Å². The Morgan fingerprint density at radius 1 is 1.30 bits per heavy atom. The Morgan fingerprint density at radius 3 is 2.67 bits per heavy atom. The summed E-state index contributed by atoms with van der Waals surface area (Å²) in [6.07, 6.45) is 3.42. The van der Waals surface area contributed by atoms with Crippen LogP contribution in [0.3, 0.4) is 0 Å². The molecule has 3 aliphatic heterocycles. The van der Waals surface area contributed by atoms with Crippen molar-refractivity contribution in [1.82, 2.24) is 15.5 Å². The number of hydrogen-bond acceptors (Lipinski definition) is 5. The van der Waals surface area contributed by atoms with E-state index in [2.05, 4.69) is 10.6 Å². The molecule has 3 amide bonds. The van der Waals surface area contributed by atoms with E-state index in [1.165, 1.54) is 4.90 Å². The van der Waals surface area contributed by atoms with Gasteiger partial charge in [0, 0.05) is 26.7 Å². The summed E-state index contributed by atoms with van der Waals surface area (Å²) in [7, 11) is 1.56. The SMILES string of the molecule is CCCCNC(=O)C1N(CCCO)C(=O)[C@@H]2[C@H](C(=O)NC)[C@]3(C)CCC12O3. The molecule has 8 nitrogen and oxygen atoms in total. The van der Waals surface area contributed by atoms with Crippen molar-refractivity contribution in [2.45, 2.75) is 63.2 Å². The summed E-state index contributed by atoms with van der Waals surface area (Å²) in [6, 6.07) is -0.755. The van der Waals surface area contributed by atoms with Gasteiger partial charge in [-0.2, -0.15) is 0 Å². The zero-order chi connectivity index (χ0) is 19.8. The molecule has 27 heavy (non-hydrogen) atoms. The summed E-state index contributed by atoms with van der Waals surface area (Å²) < 4.78 is 6.38. The summed E-state index contributed by atoms with van der Waals surface area (Å²) in [5, 5.41) is 14.8. The summed E-state index contributed by atoms with van der Waals surface area (Å²) in [5.74, 6) is -1.91. The van der Waals surface area contributed by atoms with Crippen LogP contribution in [-0.4, -0.2) is 71.7 Å². The van der Waals surface area contributed by atoms with Crippen LogP contribution in [-0.2, 0) is 19.1 Å². The van der Waals surface area contributed by atoms with E-state index in [4.69, 9.17) is 4.74 Å². The number of rotatable bonds is 8. The first-order valence-electron chi connectivity index (χ1n) is 9.97. The fourth-order valence-electron chi connectivity index (χ4n) is 5.25. The molecular formula is C19H31N3O5. The van der Waals surface area contributed by atoms with E-state index in [1.807, 2.05) is 13.8 Å².